The first-order valence-electron chi connectivity index (χ1n) is 4.09. The van der Waals surface area contributed by atoms with Crippen LogP contribution >= 0.6 is 0 Å². The highest BCUT2D eigenvalue weighted by Crippen LogP contribution is 2.18. The molecule has 0 atom stereocenters. The summed E-state index contributed by atoms with van der Waals surface area (Å²) >= 11 is 0. The van der Waals surface area contributed by atoms with E-state index in [4.69, 9.17) is 0 Å². The van der Waals surface area contributed by atoms with E-state index in [-0.39, 0.29) is 0 Å². The molecule has 1 fully saturated rings. The molecule has 1 aliphatic rings. The summed E-state index contributed by atoms with van der Waals surface area (Å²) in [6, 6.07) is 0. The van der Waals surface area contributed by atoms with Gasteiger partial charge < -0.3 is 10.2 Å². The van der Waals surface area contributed by atoms with E-state index in [9.17, 15) is 13.6 Å². The molecule has 3 nitrogen and oxygen atoms in total. The van der Waals surface area contributed by atoms with E-state index in [0.717, 1.165) is 4.90 Å². The fourth-order valence-electron chi connectivity index (χ4n) is 1.17. The van der Waals surface area contributed by atoms with Crippen LogP contribution in [0.2, 0.25) is 0 Å². The maximum absolute atomic E-state index is 12.8. The molecule has 74 valence electrons. The normalized spacial score (nSPS) is 18.5. The Balaban J connectivity index is 2.60. The Morgan fingerprint density at radius 1 is 1.46 bits per heavy atom. The van der Waals surface area contributed by atoms with Gasteiger partial charge in [-0.15, -0.1) is 0 Å². The third-order valence-electron chi connectivity index (χ3n) is 1.95. The summed E-state index contributed by atoms with van der Waals surface area (Å²) in [4.78, 5) is 12.3. The number of rotatable bonds is 2. The quantitative estimate of drug-likeness (QED) is 0.632. The van der Waals surface area contributed by atoms with Gasteiger partial charge in [0.25, 0.3) is 5.91 Å². The smallest absolute Gasteiger partial charge is 0.335 e. The molecule has 1 rings (SSSR count). The maximum atomic E-state index is 12.8. The molecule has 0 unspecified atom stereocenters. The highest BCUT2D eigenvalue weighted by molar-refractivity contribution is 5.85. The Morgan fingerprint density at radius 2 is 2.00 bits per heavy atom. The number of hydrogen-bond acceptors (Lipinski definition) is 2. The predicted molar refractivity (Wildman–Crippen MR) is 44.6 cm³/mol. The molecule has 0 radical (unpaired) electrons. The molecular weight excluding hydrogens is 178 g/mol. The first-order chi connectivity index (χ1) is 6.08. The second-order valence-corrected chi connectivity index (χ2v) is 2.87. The third-order valence-corrected chi connectivity index (χ3v) is 1.95. The minimum atomic E-state index is -3.42. The van der Waals surface area contributed by atoms with E-state index in [1.807, 2.05) is 0 Å². The fourth-order valence-corrected chi connectivity index (χ4v) is 1.17. The highest BCUT2D eigenvalue weighted by atomic mass is 19.3. The topological polar surface area (TPSA) is 32.3 Å². The van der Waals surface area contributed by atoms with Gasteiger partial charge in [-0.3, -0.25) is 4.79 Å². The minimum Gasteiger partial charge on any atom is -0.335 e. The Kier molecular flexibility index (Phi) is 2.98. The van der Waals surface area contributed by atoms with Crippen LogP contribution in [0, 0.1) is 0 Å². The van der Waals surface area contributed by atoms with Crippen LogP contribution < -0.4 is 5.32 Å². The van der Waals surface area contributed by atoms with Gasteiger partial charge in [0.05, 0.1) is 0 Å². The number of carbonyl (C=O) groups is 1. The zero-order valence-electron chi connectivity index (χ0n) is 7.22. The van der Waals surface area contributed by atoms with Crippen molar-refractivity contribution in [1.29, 1.82) is 0 Å². The maximum Gasteiger partial charge on any atom is 0.342 e. The number of nitrogens with one attached hydrogen (secondary N) is 1. The fraction of sp³-hybridized carbons (Fsp3) is 0.625. The number of amides is 1. The molecule has 1 saturated heterocycles. The van der Waals surface area contributed by atoms with Crippen LogP contribution in [0.1, 0.15) is 0 Å². The molecule has 0 aliphatic carbocycles. The van der Waals surface area contributed by atoms with Gasteiger partial charge in [-0.25, -0.2) is 0 Å². The molecule has 0 bridgehead atoms. The summed E-state index contributed by atoms with van der Waals surface area (Å²) in [7, 11) is 0. The molecule has 13 heavy (non-hydrogen) atoms. The number of piperazine rings is 1. The van der Waals surface area contributed by atoms with Crippen molar-refractivity contribution >= 4 is 5.91 Å². The lowest BCUT2D eigenvalue weighted by Gasteiger charge is -2.29. The lowest BCUT2D eigenvalue weighted by molar-refractivity contribution is -0.151. The molecule has 0 spiro atoms. The average Bonchev–Trinajstić information content (AvgIpc) is 2.18. The van der Waals surface area contributed by atoms with Gasteiger partial charge in [0.2, 0.25) is 0 Å². The molecule has 1 heterocycles. The van der Waals surface area contributed by atoms with Gasteiger partial charge in [0.15, 0.2) is 0 Å². The standard InChI is InChI=1S/C8H12F2N2O/c1-2-8(9,10)7(13)12-5-3-11-4-6-12/h2,11H,1,3-6H2. The van der Waals surface area contributed by atoms with Crippen molar-refractivity contribution in [3.63, 3.8) is 0 Å². The van der Waals surface area contributed by atoms with Crippen molar-refractivity contribution in [2.45, 2.75) is 5.92 Å². The van der Waals surface area contributed by atoms with E-state index in [1.165, 1.54) is 0 Å². The largest absolute Gasteiger partial charge is 0.342 e. The summed E-state index contributed by atoms with van der Waals surface area (Å²) in [6.45, 7) is 4.74. The molecular formula is C8H12F2N2O. The van der Waals surface area contributed by atoms with Crippen molar-refractivity contribution in [3.05, 3.63) is 12.7 Å². The monoisotopic (exact) mass is 190 g/mol. The van der Waals surface area contributed by atoms with Crippen LogP contribution in [0.15, 0.2) is 12.7 Å². The Hall–Kier alpha value is -0.970. The van der Waals surface area contributed by atoms with E-state index >= 15 is 0 Å². The summed E-state index contributed by atoms with van der Waals surface area (Å²) < 4.78 is 25.6. The van der Waals surface area contributed by atoms with Gasteiger partial charge >= 0.3 is 5.92 Å². The number of hydrogen-bond donors (Lipinski definition) is 1. The van der Waals surface area contributed by atoms with Crippen molar-refractivity contribution in [3.8, 4) is 0 Å². The molecule has 0 aromatic carbocycles. The predicted octanol–water partition coefficient (Wildman–Crippen LogP) is 0.239. The first-order valence-corrected chi connectivity index (χ1v) is 4.09. The lowest BCUT2D eigenvalue weighted by atomic mass is 10.2. The zero-order valence-corrected chi connectivity index (χ0v) is 7.22. The molecule has 1 amide bonds. The van der Waals surface area contributed by atoms with Crippen LogP contribution in [0.5, 0.6) is 0 Å². The summed E-state index contributed by atoms with van der Waals surface area (Å²) in [5, 5.41) is 2.97. The van der Waals surface area contributed by atoms with Crippen molar-refractivity contribution in [2.75, 3.05) is 26.2 Å². The summed E-state index contributed by atoms with van der Waals surface area (Å²) in [5.41, 5.74) is 0. The number of nitrogens with zero attached hydrogens (tertiary/aromatic N) is 1. The van der Waals surface area contributed by atoms with E-state index in [0.29, 0.717) is 32.3 Å². The highest BCUT2D eigenvalue weighted by Gasteiger charge is 2.38. The Morgan fingerprint density at radius 3 is 2.46 bits per heavy atom. The molecule has 1 aliphatic heterocycles. The van der Waals surface area contributed by atoms with Crippen molar-refractivity contribution in [2.24, 2.45) is 0 Å². The van der Waals surface area contributed by atoms with Gasteiger partial charge in [-0.05, 0) is 6.08 Å². The van der Waals surface area contributed by atoms with Crippen LogP contribution in [0.4, 0.5) is 8.78 Å². The van der Waals surface area contributed by atoms with E-state index < -0.39 is 11.8 Å². The molecule has 0 aromatic heterocycles. The molecule has 5 heteroatoms. The van der Waals surface area contributed by atoms with Gasteiger partial charge in [-0.2, -0.15) is 8.78 Å². The second kappa shape index (κ2) is 3.83. The van der Waals surface area contributed by atoms with Gasteiger partial charge in [0.1, 0.15) is 0 Å². The average molecular weight is 190 g/mol. The second-order valence-electron chi connectivity index (χ2n) is 2.87. The zero-order chi connectivity index (χ0) is 9.90. The SMILES string of the molecule is C=CC(F)(F)C(=O)N1CCNCC1. The van der Waals surface area contributed by atoms with Crippen molar-refractivity contribution < 1.29 is 13.6 Å². The van der Waals surface area contributed by atoms with Crippen molar-refractivity contribution in [1.82, 2.24) is 10.2 Å². The molecule has 0 saturated carbocycles. The summed E-state index contributed by atoms with van der Waals surface area (Å²) in [6.07, 6.45) is 0.386. The third kappa shape index (κ3) is 2.24. The number of alkyl halides is 2. The van der Waals surface area contributed by atoms with E-state index in [2.05, 4.69) is 11.9 Å². The first kappa shape index (κ1) is 10.1. The Labute approximate surface area is 75.4 Å². The van der Waals surface area contributed by atoms with Crippen LogP contribution in [-0.2, 0) is 4.79 Å². The van der Waals surface area contributed by atoms with E-state index in [1.54, 1.807) is 0 Å². The number of halogens is 2. The number of carbonyl (C=O) groups excluding carboxylic acids is 1. The molecule has 0 aromatic rings. The van der Waals surface area contributed by atoms with Gasteiger partial charge in [0, 0.05) is 26.2 Å². The van der Waals surface area contributed by atoms with Crippen LogP contribution in [0.3, 0.4) is 0 Å². The van der Waals surface area contributed by atoms with Crippen LogP contribution in [-0.4, -0.2) is 42.9 Å². The minimum absolute atomic E-state index is 0.336. The lowest BCUT2D eigenvalue weighted by Crippen LogP contribution is -2.51. The summed E-state index contributed by atoms with van der Waals surface area (Å²) in [5.74, 6) is -4.57. The Bertz CT molecular complexity index is 212. The van der Waals surface area contributed by atoms with Gasteiger partial charge in [-0.1, -0.05) is 6.58 Å². The van der Waals surface area contributed by atoms with Crippen LogP contribution in [0.25, 0.3) is 0 Å². The molecule has 1 N–H and O–H groups in total.